The Morgan fingerprint density at radius 1 is 1.30 bits per heavy atom. The molecule has 0 saturated heterocycles. The van der Waals surface area contributed by atoms with Gasteiger partial charge in [0.25, 0.3) is 5.56 Å². The average Bonchev–Trinajstić information content (AvgIpc) is 3.55. The minimum Gasteiger partial charge on any atom is -0.464 e. The molecule has 0 radical (unpaired) electrons. The lowest BCUT2D eigenvalue weighted by Crippen LogP contribution is -2.12. The summed E-state index contributed by atoms with van der Waals surface area (Å²) in [5.74, 6) is 1.95. The number of hydrogen-bond acceptors (Lipinski definition) is 7. The summed E-state index contributed by atoms with van der Waals surface area (Å²) in [4.78, 5) is 21.3. The number of aromatic nitrogens is 5. The second kappa shape index (κ2) is 9.01. The second-order valence-electron chi connectivity index (χ2n) is 7.23. The van der Waals surface area contributed by atoms with Gasteiger partial charge in [-0.2, -0.15) is 0 Å². The highest BCUT2D eigenvalue weighted by Crippen LogP contribution is 2.36. The van der Waals surface area contributed by atoms with Gasteiger partial charge in [0.15, 0.2) is 11.0 Å². The number of hydrogen-bond donors (Lipinski definition) is 1. The van der Waals surface area contributed by atoms with E-state index in [0.29, 0.717) is 38.5 Å². The fourth-order valence-electron chi connectivity index (χ4n) is 3.47. The van der Waals surface area contributed by atoms with Gasteiger partial charge in [0.1, 0.15) is 16.4 Å². The van der Waals surface area contributed by atoms with Crippen molar-refractivity contribution in [1.82, 2.24) is 24.7 Å². The van der Waals surface area contributed by atoms with Crippen LogP contribution in [0.25, 0.3) is 32.9 Å². The molecule has 1 aromatic carbocycles. The standard InChI is InChI=1S/C23H18ClN5O2S2/c1-3-10-29-20(14-6-8-15(24)9-7-14)27-28-23(29)33-13(2)19-25-21(30)18-16(12-32-22(18)26-19)17-5-4-11-31-17/h3-9,11-13H,1,10H2,2H3,(H,25,26,30). The van der Waals surface area contributed by atoms with Crippen molar-refractivity contribution in [3.63, 3.8) is 0 Å². The summed E-state index contributed by atoms with van der Waals surface area (Å²) < 4.78 is 7.45. The van der Waals surface area contributed by atoms with Crippen LogP contribution in [0.3, 0.4) is 0 Å². The van der Waals surface area contributed by atoms with E-state index in [0.717, 1.165) is 17.0 Å². The molecule has 5 aromatic rings. The zero-order valence-electron chi connectivity index (χ0n) is 17.5. The molecule has 0 spiro atoms. The maximum absolute atomic E-state index is 12.9. The summed E-state index contributed by atoms with van der Waals surface area (Å²) in [5.41, 5.74) is 1.47. The van der Waals surface area contributed by atoms with Crippen molar-refractivity contribution in [2.24, 2.45) is 0 Å². The molecule has 1 atom stereocenters. The molecule has 0 fully saturated rings. The zero-order valence-corrected chi connectivity index (χ0v) is 19.9. The van der Waals surface area contributed by atoms with E-state index in [2.05, 4.69) is 21.8 Å². The lowest BCUT2D eigenvalue weighted by molar-refractivity contribution is 0.583. The molecule has 1 N–H and O–H groups in total. The highest BCUT2D eigenvalue weighted by molar-refractivity contribution is 7.99. The molecule has 166 valence electrons. The topological polar surface area (TPSA) is 89.6 Å². The van der Waals surface area contributed by atoms with Crippen molar-refractivity contribution in [2.75, 3.05) is 0 Å². The maximum Gasteiger partial charge on any atom is 0.260 e. The van der Waals surface area contributed by atoms with Crippen LogP contribution >= 0.6 is 34.7 Å². The van der Waals surface area contributed by atoms with Crippen molar-refractivity contribution in [1.29, 1.82) is 0 Å². The monoisotopic (exact) mass is 495 g/mol. The number of thiophene rings is 1. The van der Waals surface area contributed by atoms with Crippen LogP contribution in [0.2, 0.25) is 5.02 Å². The molecule has 4 aromatic heterocycles. The SMILES string of the molecule is C=CCn1c(SC(C)c2nc3scc(-c4ccco4)c3c(=O)[nH]2)nnc1-c1ccc(Cl)cc1. The number of allylic oxidation sites excluding steroid dienone is 1. The van der Waals surface area contributed by atoms with Crippen LogP contribution in [0.15, 0.2) is 75.1 Å². The van der Waals surface area contributed by atoms with E-state index in [-0.39, 0.29) is 10.8 Å². The van der Waals surface area contributed by atoms with E-state index in [4.69, 9.17) is 21.0 Å². The molecular formula is C23H18ClN5O2S2. The van der Waals surface area contributed by atoms with E-state index in [1.165, 1.54) is 23.1 Å². The smallest absolute Gasteiger partial charge is 0.260 e. The van der Waals surface area contributed by atoms with Gasteiger partial charge >= 0.3 is 0 Å². The summed E-state index contributed by atoms with van der Waals surface area (Å²) in [6.07, 6.45) is 3.39. The third kappa shape index (κ3) is 4.15. The van der Waals surface area contributed by atoms with Crippen molar-refractivity contribution < 1.29 is 4.42 Å². The Hall–Kier alpha value is -3.14. The molecule has 5 rings (SSSR count). The van der Waals surface area contributed by atoms with Crippen molar-refractivity contribution in [3.05, 3.63) is 81.9 Å². The summed E-state index contributed by atoms with van der Waals surface area (Å²) in [7, 11) is 0. The molecule has 0 amide bonds. The molecule has 0 aliphatic carbocycles. The van der Waals surface area contributed by atoms with E-state index >= 15 is 0 Å². The molecule has 10 heteroatoms. The van der Waals surface area contributed by atoms with Gasteiger partial charge < -0.3 is 9.40 Å². The van der Waals surface area contributed by atoms with Gasteiger partial charge in [0.2, 0.25) is 0 Å². The van der Waals surface area contributed by atoms with E-state index in [9.17, 15) is 4.79 Å². The molecule has 4 heterocycles. The van der Waals surface area contributed by atoms with Crippen LogP contribution in [0, 0.1) is 0 Å². The van der Waals surface area contributed by atoms with E-state index in [1.54, 1.807) is 18.4 Å². The normalized spacial score (nSPS) is 12.3. The fourth-order valence-corrected chi connectivity index (χ4v) is 5.44. The van der Waals surface area contributed by atoms with Crippen LogP contribution in [-0.2, 0) is 6.54 Å². The lowest BCUT2D eigenvalue weighted by atomic mass is 10.2. The number of H-pyrrole nitrogens is 1. The molecule has 1 unspecified atom stereocenters. The van der Waals surface area contributed by atoms with Gasteiger partial charge in [0.05, 0.1) is 16.9 Å². The maximum atomic E-state index is 12.9. The van der Waals surface area contributed by atoms with Crippen LogP contribution in [-0.4, -0.2) is 24.7 Å². The largest absolute Gasteiger partial charge is 0.464 e. The predicted molar refractivity (Wildman–Crippen MR) is 133 cm³/mol. The number of benzene rings is 1. The second-order valence-corrected chi connectivity index (χ2v) is 9.83. The van der Waals surface area contributed by atoms with Crippen molar-refractivity contribution >= 4 is 44.9 Å². The molecule has 33 heavy (non-hydrogen) atoms. The lowest BCUT2D eigenvalue weighted by Gasteiger charge is -2.12. The van der Waals surface area contributed by atoms with Gasteiger partial charge in [-0.25, -0.2) is 4.98 Å². The van der Waals surface area contributed by atoms with Crippen LogP contribution < -0.4 is 5.56 Å². The Morgan fingerprint density at radius 2 is 2.12 bits per heavy atom. The average molecular weight is 496 g/mol. The molecule has 0 bridgehead atoms. The van der Waals surface area contributed by atoms with Crippen LogP contribution in [0.5, 0.6) is 0 Å². The molecular weight excluding hydrogens is 478 g/mol. The minimum absolute atomic E-state index is 0.165. The summed E-state index contributed by atoms with van der Waals surface area (Å²) in [6.45, 7) is 6.38. The number of aromatic amines is 1. The third-order valence-corrected chi connectivity index (χ3v) is 7.26. The number of halogens is 1. The minimum atomic E-state index is -0.190. The van der Waals surface area contributed by atoms with Gasteiger partial charge in [-0.15, -0.1) is 28.1 Å². The first kappa shape index (κ1) is 21.7. The first-order chi connectivity index (χ1) is 16.0. The molecule has 0 aliphatic rings. The number of nitrogens with one attached hydrogen (secondary N) is 1. The first-order valence-corrected chi connectivity index (χ1v) is 12.2. The zero-order chi connectivity index (χ0) is 22.9. The Labute approximate surface area is 202 Å². The Bertz CT molecular complexity index is 1490. The molecule has 0 aliphatic heterocycles. The summed E-state index contributed by atoms with van der Waals surface area (Å²) >= 11 is 8.92. The van der Waals surface area contributed by atoms with Gasteiger partial charge in [-0.05, 0) is 43.3 Å². The first-order valence-electron chi connectivity index (χ1n) is 10.1. The van der Waals surface area contributed by atoms with E-state index in [1.807, 2.05) is 47.2 Å². The Kier molecular flexibility index (Phi) is 5.92. The number of rotatable bonds is 7. The summed E-state index contributed by atoms with van der Waals surface area (Å²) in [6, 6.07) is 11.1. The van der Waals surface area contributed by atoms with Gasteiger partial charge in [-0.1, -0.05) is 29.4 Å². The van der Waals surface area contributed by atoms with E-state index < -0.39 is 0 Å². The highest BCUT2D eigenvalue weighted by atomic mass is 35.5. The fraction of sp³-hybridized carbons (Fsp3) is 0.130. The highest BCUT2D eigenvalue weighted by Gasteiger charge is 2.21. The number of thioether (sulfide) groups is 1. The Morgan fingerprint density at radius 3 is 2.85 bits per heavy atom. The number of nitrogens with zero attached hydrogens (tertiary/aromatic N) is 4. The quantitative estimate of drug-likeness (QED) is 0.214. The van der Waals surface area contributed by atoms with Gasteiger partial charge in [0, 0.05) is 28.1 Å². The number of fused-ring (bicyclic) bond motifs is 1. The van der Waals surface area contributed by atoms with Gasteiger partial charge in [-0.3, -0.25) is 9.36 Å². The van der Waals surface area contributed by atoms with Crippen LogP contribution in [0.1, 0.15) is 18.0 Å². The molecule has 0 saturated carbocycles. The predicted octanol–water partition coefficient (Wildman–Crippen LogP) is 6.20. The van der Waals surface area contributed by atoms with Crippen molar-refractivity contribution in [2.45, 2.75) is 23.9 Å². The third-order valence-electron chi connectivity index (χ3n) is 5.05. The Balaban J connectivity index is 1.47. The summed E-state index contributed by atoms with van der Waals surface area (Å²) in [5, 5.41) is 12.4. The number of furan rings is 1. The molecule has 7 nitrogen and oxygen atoms in total. The van der Waals surface area contributed by atoms with Crippen LogP contribution in [0.4, 0.5) is 0 Å². The van der Waals surface area contributed by atoms with Crippen molar-refractivity contribution in [3.8, 4) is 22.7 Å².